The minimum absolute atomic E-state index is 0.0769. The molecule has 1 atom stereocenters. The summed E-state index contributed by atoms with van der Waals surface area (Å²) in [5.74, 6) is -0.0769. The van der Waals surface area contributed by atoms with E-state index in [1.165, 1.54) is 7.11 Å². The highest BCUT2D eigenvalue weighted by Gasteiger charge is 2.23. The van der Waals surface area contributed by atoms with E-state index >= 15 is 0 Å². The summed E-state index contributed by atoms with van der Waals surface area (Å²) in [7, 11) is 1.36. The number of nitrogens with zero attached hydrogens (tertiary/aromatic N) is 1. The normalized spacial score (nSPS) is 12.7. The van der Waals surface area contributed by atoms with Gasteiger partial charge < -0.3 is 19.5 Å². The van der Waals surface area contributed by atoms with E-state index in [9.17, 15) is 10.2 Å². The van der Waals surface area contributed by atoms with Crippen molar-refractivity contribution < 1.29 is 14.9 Å². The molecular weight excluding hydrogens is 373 g/mol. The number of ether oxygens (including phenoxy) is 1. The zero-order valence-corrected chi connectivity index (χ0v) is 14.9. The molecule has 3 rings (SSSR count). The minimum Gasteiger partial charge on any atom is -0.505 e. The predicted molar refractivity (Wildman–Crippen MR) is 96.1 cm³/mol. The van der Waals surface area contributed by atoms with Crippen molar-refractivity contribution in [2.75, 3.05) is 7.11 Å². The Morgan fingerprint density at radius 2 is 1.75 bits per heavy atom. The van der Waals surface area contributed by atoms with Crippen molar-refractivity contribution >= 4 is 45.7 Å². The number of halogens is 3. The number of fused-ring (bicyclic) bond motifs is 1. The van der Waals surface area contributed by atoms with E-state index in [4.69, 9.17) is 39.5 Å². The summed E-state index contributed by atoms with van der Waals surface area (Å²) in [6.45, 7) is 0.324. The number of benzene rings is 2. The number of rotatable bonds is 4. The molecule has 1 unspecified atom stereocenters. The predicted octanol–water partition coefficient (Wildman–Crippen LogP) is 4.99. The first-order valence-electron chi connectivity index (χ1n) is 7.07. The van der Waals surface area contributed by atoms with Crippen molar-refractivity contribution in [1.29, 1.82) is 0 Å². The molecule has 0 amide bonds. The lowest BCUT2D eigenvalue weighted by Crippen LogP contribution is -2.10. The van der Waals surface area contributed by atoms with Gasteiger partial charge in [0.05, 0.1) is 5.52 Å². The highest BCUT2D eigenvalue weighted by Crippen LogP contribution is 2.38. The third kappa shape index (κ3) is 3.08. The van der Waals surface area contributed by atoms with Gasteiger partial charge in [-0.1, -0.05) is 40.9 Å². The molecule has 0 aliphatic rings. The van der Waals surface area contributed by atoms with E-state index < -0.39 is 6.29 Å². The molecule has 7 heteroatoms. The van der Waals surface area contributed by atoms with E-state index in [0.29, 0.717) is 32.5 Å². The fourth-order valence-corrected chi connectivity index (χ4v) is 3.32. The molecule has 0 saturated carbocycles. The summed E-state index contributed by atoms with van der Waals surface area (Å²) in [5, 5.41) is 22.7. The maximum atomic E-state index is 10.5. The molecule has 0 aliphatic heterocycles. The van der Waals surface area contributed by atoms with Crippen LogP contribution in [0.2, 0.25) is 15.1 Å². The highest BCUT2D eigenvalue weighted by molar-refractivity contribution is 6.35. The lowest BCUT2D eigenvalue weighted by molar-refractivity contribution is -0.0827. The molecule has 1 heterocycles. The van der Waals surface area contributed by atoms with Gasteiger partial charge in [-0.2, -0.15) is 0 Å². The topological polar surface area (TPSA) is 54.6 Å². The number of hydrogen-bond acceptors (Lipinski definition) is 3. The first kappa shape index (κ1) is 17.4. The summed E-state index contributed by atoms with van der Waals surface area (Å²) < 4.78 is 6.73. The summed E-state index contributed by atoms with van der Waals surface area (Å²) in [4.78, 5) is 0. The van der Waals surface area contributed by atoms with Crippen LogP contribution in [0, 0.1) is 0 Å². The first-order valence-corrected chi connectivity index (χ1v) is 8.21. The largest absolute Gasteiger partial charge is 0.505 e. The summed E-state index contributed by atoms with van der Waals surface area (Å²) in [6.07, 6.45) is -1.29. The number of aromatic hydroxyl groups is 1. The van der Waals surface area contributed by atoms with Crippen LogP contribution in [0.4, 0.5) is 0 Å². The van der Waals surface area contributed by atoms with Gasteiger partial charge in [0.1, 0.15) is 11.4 Å². The van der Waals surface area contributed by atoms with Gasteiger partial charge >= 0.3 is 0 Å². The van der Waals surface area contributed by atoms with Crippen LogP contribution < -0.4 is 0 Å². The zero-order chi connectivity index (χ0) is 17.4. The second kappa shape index (κ2) is 6.82. The van der Waals surface area contributed by atoms with Crippen LogP contribution in [-0.2, 0) is 11.3 Å². The fraction of sp³-hybridized carbons (Fsp3) is 0.176. The van der Waals surface area contributed by atoms with Gasteiger partial charge in [-0.3, -0.25) is 0 Å². The quantitative estimate of drug-likeness (QED) is 0.621. The van der Waals surface area contributed by atoms with Gasteiger partial charge in [0.15, 0.2) is 6.29 Å². The molecular formula is C17H14Cl3NO3. The molecule has 4 nitrogen and oxygen atoms in total. The van der Waals surface area contributed by atoms with E-state index in [0.717, 1.165) is 5.56 Å². The Kier molecular flexibility index (Phi) is 4.95. The Hall–Kier alpha value is -1.43. The monoisotopic (exact) mass is 385 g/mol. The van der Waals surface area contributed by atoms with Gasteiger partial charge in [0, 0.05) is 34.1 Å². The zero-order valence-electron chi connectivity index (χ0n) is 12.6. The van der Waals surface area contributed by atoms with Crippen molar-refractivity contribution in [3.8, 4) is 5.75 Å². The van der Waals surface area contributed by atoms with Crippen LogP contribution in [-0.4, -0.2) is 21.9 Å². The molecule has 2 N–H and O–H groups in total. The lowest BCUT2D eigenvalue weighted by Gasteiger charge is -2.15. The second-order valence-corrected chi connectivity index (χ2v) is 6.59. The van der Waals surface area contributed by atoms with Crippen LogP contribution in [0.25, 0.3) is 10.9 Å². The third-order valence-corrected chi connectivity index (χ3v) is 4.66. The average molecular weight is 387 g/mol. The number of aliphatic hydroxyl groups excluding tert-OH is 1. The van der Waals surface area contributed by atoms with Crippen molar-refractivity contribution in [2.45, 2.75) is 12.8 Å². The first-order chi connectivity index (χ1) is 11.4. The molecule has 0 aliphatic carbocycles. The standard InChI is InChI=1S/C17H14Cl3NO3/c1-24-17(23)15-16(22)12-6-10(18)4-5-14(12)21(15)8-9-2-3-11(19)7-13(9)20/h2-7,17,22-23H,8H2,1H3. The molecule has 0 radical (unpaired) electrons. The molecule has 0 spiro atoms. The van der Waals surface area contributed by atoms with E-state index in [2.05, 4.69) is 0 Å². The Balaban J connectivity index is 2.21. The molecule has 2 aromatic carbocycles. The van der Waals surface area contributed by atoms with Crippen molar-refractivity contribution in [3.63, 3.8) is 0 Å². The molecule has 0 bridgehead atoms. The van der Waals surface area contributed by atoms with Gasteiger partial charge in [0.25, 0.3) is 0 Å². The van der Waals surface area contributed by atoms with E-state index in [1.54, 1.807) is 41.0 Å². The molecule has 0 saturated heterocycles. The third-order valence-electron chi connectivity index (χ3n) is 3.84. The Morgan fingerprint density at radius 1 is 1.08 bits per heavy atom. The highest BCUT2D eigenvalue weighted by atomic mass is 35.5. The van der Waals surface area contributed by atoms with Crippen molar-refractivity contribution in [2.24, 2.45) is 0 Å². The van der Waals surface area contributed by atoms with Crippen LogP contribution in [0.5, 0.6) is 5.75 Å². The second-order valence-electron chi connectivity index (χ2n) is 5.31. The molecule has 24 heavy (non-hydrogen) atoms. The lowest BCUT2D eigenvalue weighted by atomic mass is 10.2. The Labute approximate surface area is 153 Å². The van der Waals surface area contributed by atoms with Gasteiger partial charge in [0.2, 0.25) is 0 Å². The molecule has 0 fully saturated rings. The fourth-order valence-electron chi connectivity index (χ4n) is 2.68. The minimum atomic E-state index is -1.29. The summed E-state index contributed by atoms with van der Waals surface area (Å²) in [5.41, 5.74) is 1.73. The van der Waals surface area contributed by atoms with Crippen molar-refractivity contribution in [3.05, 3.63) is 62.7 Å². The van der Waals surface area contributed by atoms with Crippen LogP contribution in [0.15, 0.2) is 36.4 Å². The number of aliphatic hydroxyl groups is 1. The van der Waals surface area contributed by atoms with Crippen LogP contribution in [0.3, 0.4) is 0 Å². The summed E-state index contributed by atoms with van der Waals surface area (Å²) >= 11 is 18.2. The Morgan fingerprint density at radius 3 is 2.42 bits per heavy atom. The number of methoxy groups -OCH3 is 1. The van der Waals surface area contributed by atoms with Gasteiger partial charge in [-0.05, 0) is 35.9 Å². The summed E-state index contributed by atoms with van der Waals surface area (Å²) in [6, 6.07) is 10.3. The van der Waals surface area contributed by atoms with Gasteiger partial charge in [-0.25, -0.2) is 0 Å². The maximum Gasteiger partial charge on any atom is 0.200 e. The smallest absolute Gasteiger partial charge is 0.200 e. The van der Waals surface area contributed by atoms with E-state index in [1.807, 2.05) is 0 Å². The number of hydrogen-bond donors (Lipinski definition) is 2. The molecule has 126 valence electrons. The van der Waals surface area contributed by atoms with Gasteiger partial charge in [-0.15, -0.1) is 0 Å². The molecule has 3 aromatic rings. The van der Waals surface area contributed by atoms with Crippen LogP contribution >= 0.6 is 34.8 Å². The maximum absolute atomic E-state index is 10.5. The number of aromatic nitrogens is 1. The van der Waals surface area contributed by atoms with E-state index in [-0.39, 0.29) is 11.4 Å². The SMILES string of the molecule is COC(O)c1c(O)c2cc(Cl)ccc2n1Cc1ccc(Cl)cc1Cl. The average Bonchev–Trinajstić information content (AvgIpc) is 2.81. The molecule has 1 aromatic heterocycles. The Bertz CT molecular complexity index is 908. The van der Waals surface area contributed by atoms with Crippen molar-refractivity contribution in [1.82, 2.24) is 4.57 Å². The van der Waals surface area contributed by atoms with Crippen LogP contribution in [0.1, 0.15) is 17.5 Å².